The number of halogens is 1. The Morgan fingerprint density at radius 2 is 1.86 bits per heavy atom. The fraction of sp³-hybridized carbons (Fsp3) is 0.467. The van der Waals surface area contributed by atoms with Gasteiger partial charge in [0.1, 0.15) is 5.75 Å². The third-order valence-electron chi connectivity index (χ3n) is 2.77. The Morgan fingerprint density at radius 1 is 1.18 bits per heavy atom. The number of nitrogens with one attached hydrogen (secondary N) is 2. The number of urea groups is 1. The van der Waals surface area contributed by atoms with E-state index in [9.17, 15) is 9.59 Å². The van der Waals surface area contributed by atoms with Crippen LogP contribution in [0.4, 0.5) is 4.79 Å². The van der Waals surface area contributed by atoms with E-state index >= 15 is 0 Å². The zero-order chi connectivity index (χ0) is 16.4. The molecule has 1 rings (SSSR count). The molecular weight excluding hydrogens is 306 g/mol. The fourth-order valence-electron chi connectivity index (χ4n) is 1.59. The molecule has 6 nitrogen and oxygen atoms in total. The monoisotopic (exact) mass is 327 g/mol. The lowest BCUT2D eigenvalue weighted by Gasteiger charge is -2.12. The van der Waals surface area contributed by atoms with E-state index < -0.39 is 0 Å². The minimum atomic E-state index is -0.178. The normalized spacial score (nSPS) is 9.95. The first-order valence-corrected chi connectivity index (χ1v) is 7.47. The zero-order valence-electron chi connectivity index (χ0n) is 12.9. The lowest BCUT2D eigenvalue weighted by atomic mass is 10.3. The molecule has 0 atom stereocenters. The van der Waals surface area contributed by atoms with Gasteiger partial charge in [-0.05, 0) is 18.6 Å². The van der Waals surface area contributed by atoms with Crippen LogP contribution >= 0.6 is 11.6 Å². The second-order valence-electron chi connectivity index (χ2n) is 4.86. The van der Waals surface area contributed by atoms with Gasteiger partial charge in [0.25, 0.3) is 0 Å². The summed E-state index contributed by atoms with van der Waals surface area (Å²) in [7, 11) is 3.32. The average Bonchev–Trinajstić information content (AvgIpc) is 2.49. The van der Waals surface area contributed by atoms with Crippen LogP contribution in [0.1, 0.15) is 12.8 Å². The minimum absolute atomic E-state index is 0.0677. The Labute approximate surface area is 135 Å². The summed E-state index contributed by atoms with van der Waals surface area (Å²) in [4.78, 5) is 24.3. The minimum Gasteiger partial charge on any atom is -0.492 e. The highest BCUT2D eigenvalue weighted by Crippen LogP contribution is 2.23. The van der Waals surface area contributed by atoms with Gasteiger partial charge in [0.05, 0.1) is 11.6 Å². The Morgan fingerprint density at radius 3 is 2.55 bits per heavy atom. The van der Waals surface area contributed by atoms with E-state index in [1.807, 2.05) is 12.1 Å². The van der Waals surface area contributed by atoms with Crippen LogP contribution < -0.4 is 15.4 Å². The number of carbonyl (C=O) groups is 2. The molecule has 122 valence electrons. The van der Waals surface area contributed by atoms with E-state index in [0.29, 0.717) is 43.3 Å². The first-order chi connectivity index (χ1) is 10.5. The highest BCUT2D eigenvalue weighted by atomic mass is 35.5. The Hall–Kier alpha value is -1.95. The maximum absolute atomic E-state index is 11.6. The van der Waals surface area contributed by atoms with Crippen molar-refractivity contribution in [3.8, 4) is 5.75 Å². The number of hydrogen-bond acceptors (Lipinski definition) is 3. The van der Waals surface area contributed by atoms with Crippen molar-refractivity contribution in [3.05, 3.63) is 29.3 Å². The number of carbonyl (C=O) groups excluding carboxylic acids is 2. The van der Waals surface area contributed by atoms with Gasteiger partial charge in [-0.25, -0.2) is 4.79 Å². The van der Waals surface area contributed by atoms with Gasteiger partial charge in [0.15, 0.2) is 0 Å². The van der Waals surface area contributed by atoms with Crippen LogP contribution in [0.3, 0.4) is 0 Å². The predicted octanol–water partition coefficient (Wildman–Crippen LogP) is 1.89. The molecule has 1 aromatic rings. The molecule has 0 aliphatic heterocycles. The molecule has 0 heterocycles. The fourth-order valence-corrected chi connectivity index (χ4v) is 1.78. The van der Waals surface area contributed by atoms with Gasteiger partial charge >= 0.3 is 6.03 Å². The van der Waals surface area contributed by atoms with Gasteiger partial charge in [-0.15, -0.1) is 0 Å². The molecule has 0 aliphatic rings. The van der Waals surface area contributed by atoms with E-state index in [1.165, 1.54) is 4.90 Å². The van der Waals surface area contributed by atoms with Gasteiger partial charge in [-0.2, -0.15) is 0 Å². The average molecular weight is 328 g/mol. The summed E-state index contributed by atoms with van der Waals surface area (Å²) < 4.78 is 5.50. The molecule has 0 aliphatic carbocycles. The molecule has 0 saturated carbocycles. The molecule has 0 radical (unpaired) electrons. The largest absolute Gasteiger partial charge is 0.492 e. The Balaban J connectivity index is 2.07. The third kappa shape index (κ3) is 7.17. The molecule has 0 spiro atoms. The number of benzene rings is 1. The van der Waals surface area contributed by atoms with Crippen LogP contribution in [0.15, 0.2) is 24.3 Å². The SMILES string of the molecule is CN(C)C(=O)NCCNC(=O)CCCOc1ccccc1Cl. The van der Waals surface area contributed by atoms with Crippen LogP contribution in [-0.2, 0) is 4.79 Å². The maximum atomic E-state index is 11.6. The standard InChI is InChI=1S/C15H22ClN3O3/c1-19(2)15(21)18-10-9-17-14(20)8-5-11-22-13-7-4-3-6-12(13)16/h3-4,6-7H,5,8-11H2,1-2H3,(H,17,20)(H,18,21). The molecule has 0 saturated heterocycles. The number of amides is 3. The van der Waals surface area contributed by atoms with Crippen molar-refractivity contribution < 1.29 is 14.3 Å². The van der Waals surface area contributed by atoms with E-state index in [2.05, 4.69) is 10.6 Å². The van der Waals surface area contributed by atoms with Crippen molar-refractivity contribution in [2.24, 2.45) is 0 Å². The number of nitrogens with zero attached hydrogens (tertiary/aromatic N) is 1. The van der Waals surface area contributed by atoms with E-state index in [-0.39, 0.29) is 11.9 Å². The van der Waals surface area contributed by atoms with Gasteiger partial charge in [-0.1, -0.05) is 23.7 Å². The van der Waals surface area contributed by atoms with E-state index in [1.54, 1.807) is 26.2 Å². The zero-order valence-corrected chi connectivity index (χ0v) is 13.7. The maximum Gasteiger partial charge on any atom is 0.316 e. The molecule has 22 heavy (non-hydrogen) atoms. The highest BCUT2D eigenvalue weighted by molar-refractivity contribution is 6.32. The van der Waals surface area contributed by atoms with Crippen LogP contribution in [0.25, 0.3) is 0 Å². The van der Waals surface area contributed by atoms with Gasteiger partial charge in [-0.3, -0.25) is 4.79 Å². The van der Waals surface area contributed by atoms with Crippen LogP contribution in [0, 0.1) is 0 Å². The predicted molar refractivity (Wildman–Crippen MR) is 86.3 cm³/mol. The van der Waals surface area contributed by atoms with E-state index in [0.717, 1.165) is 0 Å². The molecule has 1 aromatic carbocycles. The van der Waals surface area contributed by atoms with Crippen molar-refractivity contribution in [2.45, 2.75) is 12.8 Å². The Kier molecular flexibility index (Phi) is 8.14. The van der Waals surface area contributed by atoms with Gasteiger partial charge in [0.2, 0.25) is 5.91 Å². The number of hydrogen-bond donors (Lipinski definition) is 2. The third-order valence-corrected chi connectivity index (χ3v) is 3.08. The topological polar surface area (TPSA) is 70.7 Å². The summed E-state index contributed by atoms with van der Waals surface area (Å²) in [5.74, 6) is 0.554. The van der Waals surface area contributed by atoms with Gasteiger partial charge in [0, 0.05) is 33.6 Å². The van der Waals surface area contributed by atoms with Crippen molar-refractivity contribution in [2.75, 3.05) is 33.8 Å². The van der Waals surface area contributed by atoms with Crippen molar-refractivity contribution in [1.82, 2.24) is 15.5 Å². The molecule has 2 N–H and O–H groups in total. The summed E-state index contributed by atoms with van der Waals surface area (Å²) in [6.45, 7) is 1.23. The van der Waals surface area contributed by atoms with Crippen LogP contribution in [-0.4, -0.2) is 50.6 Å². The summed E-state index contributed by atoms with van der Waals surface area (Å²) in [6.07, 6.45) is 0.965. The number of para-hydroxylation sites is 1. The summed E-state index contributed by atoms with van der Waals surface area (Å²) >= 11 is 5.96. The summed E-state index contributed by atoms with van der Waals surface area (Å²) in [5.41, 5.74) is 0. The van der Waals surface area contributed by atoms with Gasteiger partial charge < -0.3 is 20.3 Å². The molecule has 0 unspecified atom stereocenters. The van der Waals surface area contributed by atoms with Crippen LogP contribution in [0.2, 0.25) is 5.02 Å². The summed E-state index contributed by atoms with van der Waals surface area (Å²) in [5, 5.41) is 5.96. The molecule has 0 aromatic heterocycles. The van der Waals surface area contributed by atoms with Crippen LogP contribution in [0.5, 0.6) is 5.75 Å². The van der Waals surface area contributed by atoms with Crippen molar-refractivity contribution in [1.29, 1.82) is 0 Å². The lowest BCUT2D eigenvalue weighted by molar-refractivity contribution is -0.121. The molecule has 0 bridgehead atoms. The first-order valence-electron chi connectivity index (χ1n) is 7.10. The number of rotatable bonds is 8. The van der Waals surface area contributed by atoms with Crippen molar-refractivity contribution >= 4 is 23.5 Å². The first kappa shape index (κ1) is 18.1. The second-order valence-corrected chi connectivity index (χ2v) is 5.27. The number of ether oxygens (including phenoxy) is 1. The van der Waals surface area contributed by atoms with Crippen molar-refractivity contribution in [3.63, 3.8) is 0 Å². The molecule has 7 heteroatoms. The molecule has 0 fully saturated rings. The quantitative estimate of drug-likeness (QED) is 0.716. The summed E-state index contributed by atoms with van der Waals surface area (Å²) in [6, 6.07) is 7.04. The molecular formula is C15H22ClN3O3. The Bertz CT molecular complexity index is 495. The molecule has 3 amide bonds. The smallest absolute Gasteiger partial charge is 0.316 e. The second kappa shape index (κ2) is 9.89. The lowest BCUT2D eigenvalue weighted by Crippen LogP contribution is -2.39. The highest BCUT2D eigenvalue weighted by Gasteiger charge is 2.04. The van der Waals surface area contributed by atoms with E-state index in [4.69, 9.17) is 16.3 Å².